The fraction of sp³-hybridized carbons (Fsp3) is 0.321. The Bertz CT molecular complexity index is 1130. The van der Waals surface area contributed by atoms with E-state index in [4.69, 9.17) is 32.7 Å². The van der Waals surface area contributed by atoms with Gasteiger partial charge in [-0.1, -0.05) is 60.0 Å². The van der Waals surface area contributed by atoms with E-state index in [1.807, 2.05) is 30.3 Å². The Labute approximate surface area is 216 Å². The van der Waals surface area contributed by atoms with E-state index in [1.165, 1.54) is 19.3 Å². The van der Waals surface area contributed by atoms with E-state index in [1.54, 1.807) is 31.4 Å². The molecule has 0 saturated carbocycles. The number of amides is 1. The minimum absolute atomic E-state index is 0.0890. The lowest BCUT2D eigenvalue weighted by atomic mass is 10.0. The maximum absolute atomic E-state index is 13.2. The third kappa shape index (κ3) is 6.69. The summed E-state index contributed by atoms with van der Waals surface area (Å²) in [6, 6.07) is 20.7. The van der Waals surface area contributed by atoms with Crippen LogP contribution in [0.4, 0.5) is 0 Å². The van der Waals surface area contributed by atoms with Crippen molar-refractivity contribution in [2.75, 3.05) is 26.7 Å². The third-order valence-corrected chi connectivity index (χ3v) is 6.90. The first kappa shape index (κ1) is 25.4. The number of benzene rings is 3. The van der Waals surface area contributed by atoms with Crippen molar-refractivity contribution in [3.63, 3.8) is 0 Å². The topological polar surface area (TPSA) is 50.8 Å². The number of rotatable bonds is 9. The van der Waals surface area contributed by atoms with Crippen LogP contribution in [0.25, 0.3) is 0 Å². The first-order chi connectivity index (χ1) is 17.0. The summed E-state index contributed by atoms with van der Waals surface area (Å²) in [4.78, 5) is 15.7. The molecule has 1 aliphatic rings. The summed E-state index contributed by atoms with van der Waals surface area (Å²) < 4.78 is 11.3. The fourth-order valence-corrected chi connectivity index (χ4v) is 4.84. The number of piperidine rings is 1. The second-order valence-corrected chi connectivity index (χ2v) is 9.46. The standard InChI is InChI=1S/C28H30Cl2N2O3/c1-34-23-13-10-20(11-14-23)26(32-15-5-2-6-16-32)18-31-28(33)24-7-3-4-8-27(24)35-19-21-9-12-22(29)17-25(21)30/h3-4,7-14,17,26H,2,5-6,15-16,18-19H2,1H3,(H,31,33)/t26-/m0/s1. The van der Waals surface area contributed by atoms with Crippen molar-refractivity contribution >= 4 is 29.1 Å². The van der Waals surface area contributed by atoms with Gasteiger partial charge in [-0.25, -0.2) is 0 Å². The van der Waals surface area contributed by atoms with Crippen molar-refractivity contribution in [3.05, 3.63) is 93.5 Å². The molecule has 0 aliphatic carbocycles. The number of carbonyl (C=O) groups is 1. The molecule has 1 saturated heterocycles. The van der Waals surface area contributed by atoms with Gasteiger partial charge in [-0.2, -0.15) is 0 Å². The molecule has 184 valence electrons. The molecule has 1 amide bonds. The van der Waals surface area contributed by atoms with Gasteiger partial charge in [-0.05, 0) is 67.9 Å². The van der Waals surface area contributed by atoms with Crippen molar-refractivity contribution in [1.29, 1.82) is 0 Å². The Kier molecular flexibility index (Phi) is 8.91. The normalized spacial score (nSPS) is 14.8. The number of hydrogen-bond donors (Lipinski definition) is 1. The van der Waals surface area contributed by atoms with Crippen LogP contribution in [0.3, 0.4) is 0 Å². The summed E-state index contributed by atoms with van der Waals surface area (Å²) in [5, 5.41) is 4.24. The monoisotopic (exact) mass is 512 g/mol. The zero-order valence-electron chi connectivity index (χ0n) is 19.8. The van der Waals surface area contributed by atoms with Crippen LogP contribution in [-0.2, 0) is 6.61 Å². The lowest BCUT2D eigenvalue weighted by Crippen LogP contribution is -2.40. The van der Waals surface area contributed by atoms with Crippen molar-refractivity contribution in [2.45, 2.75) is 31.9 Å². The van der Waals surface area contributed by atoms with E-state index in [-0.39, 0.29) is 18.6 Å². The average Bonchev–Trinajstić information content (AvgIpc) is 2.89. The molecule has 3 aromatic carbocycles. The van der Waals surface area contributed by atoms with Gasteiger partial charge in [0.15, 0.2) is 0 Å². The Morgan fingerprint density at radius 1 is 1.00 bits per heavy atom. The molecule has 0 aromatic heterocycles. The zero-order valence-corrected chi connectivity index (χ0v) is 21.3. The molecule has 4 rings (SSSR count). The minimum Gasteiger partial charge on any atom is -0.497 e. The largest absolute Gasteiger partial charge is 0.497 e. The number of hydrogen-bond acceptors (Lipinski definition) is 4. The van der Waals surface area contributed by atoms with Crippen LogP contribution in [0.15, 0.2) is 66.7 Å². The van der Waals surface area contributed by atoms with Gasteiger partial charge < -0.3 is 14.8 Å². The van der Waals surface area contributed by atoms with E-state index in [0.717, 1.165) is 30.0 Å². The Morgan fingerprint density at radius 2 is 1.74 bits per heavy atom. The molecule has 0 unspecified atom stereocenters. The van der Waals surface area contributed by atoms with Crippen LogP contribution in [-0.4, -0.2) is 37.6 Å². The second-order valence-electron chi connectivity index (χ2n) is 8.62. The van der Waals surface area contributed by atoms with Gasteiger partial charge in [-0.15, -0.1) is 0 Å². The maximum atomic E-state index is 13.2. The van der Waals surface area contributed by atoms with Crippen molar-refractivity contribution in [1.82, 2.24) is 10.2 Å². The first-order valence-electron chi connectivity index (χ1n) is 11.9. The van der Waals surface area contributed by atoms with Crippen LogP contribution in [0.1, 0.15) is 46.8 Å². The molecule has 7 heteroatoms. The summed E-state index contributed by atoms with van der Waals surface area (Å²) in [6.07, 6.45) is 3.59. The molecule has 3 aromatic rings. The van der Waals surface area contributed by atoms with Crippen LogP contribution in [0.5, 0.6) is 11.5 Å². The van der Waals surface area contributed by atoms with Crippen molar-refractivity contribution in [2.24, 2.45) is 0 Å². The Hall–Kier alpha value is -2.73. The SMILES string of the molecule is COc1ccc([C@H](CNC(=O)c2ccccc2OCc2ccc(Cl)cc2Cl)N2CCCCC2)cc1. The van der Waals surface area contributed by atoms with Gasteiger partial charge in [0.1, 0.15) is 18.1 Å². The van der Waals surface area contributed by atoms with E-state index < -0.39 is 0 Å². The molecule has 1 atom stereocenters. The van der Waals surface area contributed by atoms with Crippen LogP contribution >= 0.6 is 23.2 Å². The van der Waals surface area contributed by atoms with Gasteiger partial charge in [0.2, 0.25) is 0 Å². The lowest BCUT2D eigenvalue weighted by Gasteiger charge is -2.35. The fourth-order valence-electron chi connectivity index (χ4n) is 4.37. The van der Waals surface area contributed by atoms with Gasteiger partial charge in [-0.3, -0.25) is 9.69 Å². The third-order valence-electron chi connectivity index (χ3n) is 6.32. The molecule has 5 nitrogen and oxygen atoms in total. The molecular weight excluding hydrogens is 483 g/mol. The molecule has 1 N–H and O–H groups in total. The highest BCUT2D eigenvalue weighted by molar-refractivity contribution is 6.35. The molecule has 0 radical (unpaired) electrons. The zero-order chi connectivity index (χ0) is 24.6. The minimum atomic E-state index is -0.168. The molecule has 35 heavy (non-hydrogen) atoms. The number of para-hydroxylation sites is 1. The summed E-state index contributed by atoms with van der Waals surface area (Å²) in [5.74, 6) is 1.16. The Morgan fingerprint density at radius 3 is 2.46 bits per heavy atom. The molecule has 0 bridgehead atoms. The molecule has 1 aliphatic heterocycles. The number of halogens is 2. The highest BCUT2D eigenvalue weighted by Crippen LogP contribution is 2.27. The van der Waals surface area contributed by atoms with Crippen LogP contribution in [0, 0.1) is 0 Å². The van der Waals surface area contributed by atoms with Gasteiger partial charge >= 0.3 is 0 Å². The molecule has 1 heterocycles. The Balaban J connectivity index is 1.46. The van der Waals surface area contributed by atoms with Gasteiger partial charge in [0.25, 0.3) is 5.91 Å². The maximum Gasteiger partial charge on any atom is 0.255 e. The van der Waals surface area contributed by atoms with Crippen LogP contribution < -0.4 is 14.8 Å². The number of likely N-dealkylation sites (tertiary alicyclic amines) is 1. The summed E-state index contributed by atoms with van der Waals surface area (Å²) in [7, 11) is 1.66. The number of nitrogens with zero attached hydrogens (tertiary/aromatic N) is 1. The van der Waals surface area contributed by atoms with E-state index >= 15 is 0 Å². The predicted molar refractivity (Wildman–Crippen MR) is 141 cm³/mol. The highest BCUT2D eigenvalue weighted by atomic mass is 35.5. The molecule has 0 spiro atoms. The van der Waals surface area contributed by atoms with Crippen LogP contribution in [0.2, 0.25) is 10.0 Å². The van der Waals surface area contributed by atoms with E-state index in [9.17, 15) is 4.79 Å². The van der Waals surface area contributed by atoms with Gasteiger partial charge in [0, 0.05) is 22.2 Å². The van der Waals surface area contributed by atoms with Crippen molar-refractivity contribution < 1.29 is 14.3 Å². The second kappa shape index (κ2) is 12.3. The average molecular weight is 513 g/mol. The summed E-state index contributed by atoms with van der Waals surface area (Å²) >= 11 is 12.3. The summed E-state index contributed by atoms with van der Waals surface area (Å²) in [6.45, 7) is 2.79. The van der Waals surface area contributed by atoms with E-state index in [2.05, 4.69) is 22.3 Å². The predicted octanol–water partition coefficient (Wildman–Crippen LogP) is 6.54. The number of carbonyl (C=O) groups excluding carboxylic acids is 1. The quantitative estimate of drug-likeness (QED) is 0.353. The molecular formula is C28H30Cl2N2O3. The smallest absolute Gasteiger partial charge is 0.255 e. The lowest BCUT2D eigenvalue weighted by molar-refractivity contribution is 0.0920. The summed E-state index contributed by atoms with van der Waals surface area (Å²) in [5.41, 5.74) is 2.45. The van der Waals surface area contributed by atoms with Crippen molar-refractivity contribution in [3.8, 4) is 11.5 Å². The van der Waals surface area contributed by atoms with E-state index in [0.29, 0.717) is 27.9 Å². The highest BCUT2D eigenvalue weighted by Gasteiger charge is 2.24. The number of methoxy groups -OCH3 is 1. The number of nitrogens with one attached hydrogen (secondary N) is 1. The number of ether oxygens (including phenoxy) is 2. The first-order valence-corrected chi connectivity index (χ1v) is 12.6. The van der Waals surface area contributed by atoms with Gasteiger partial charge in [0.05, 0.1) is 18.7 Å². The molecule has 1 fully saturated rings.